The highest BCUT2D eigenvalue weighted by Crippen LogP contribution is 2.38. The van der Waals surface area contributed by atoms with Crippen molar-refractivity contribution in [2.24, 2.45) is 0 Å². The molecule has 2 heterocycles. The molecule has 0 atom stereocenters. The number of aryl methyl sites for hydroxylation is 1. The molecule has 2 aromatic rings. The van der Waals surface area contributed by atoms with Crippen molar-refractivity contribution in [3.05, 3.63) is 30.4 Å². The second-order valence-electron chi connectivity index (χ2n) is 4.13. The molecule has 4 heteroatoms. The molecule has 0 aromatic carbocycles. The van der Waals surface area contributed by atoms with Crippen LogP contribution in [0.5, 0.6) is 0 Å². The van der Waals surface area contributed by atoms with Gasteiger partial charge in [0.1, 0.15) is 5.82 Å². The van der Waals surface area contributed by atoms with E-state index in [0.717, 1.165) is 23.6 Å². The molecule has 1 saturated carbocycles. The molecule has 0 aliphatic heterocycles. The Kier molecular flexibility index (Phi) is 2.20. The van der Waals surface area contributed by atoms with Crippen molar-refractivity contribution < 1.29 is 0 Å². The first kappa shape index (κ1) is 9.51. The Bertz CT molecular complexity index is 485. The molecule has 0 amide bonds. The van der Waals surface area contributed by atoms with Gasteiger partial charge in [-0.25, -0.2) is 0 Å². The van der Waals surface area contributed by atoms with Gasteiger partial charge in [0.15, 0.2) is 5.82 Å². The van der Waals surface area contributed by atoms with Crippen LogP contribution in [0, 0.1) is 0 Å². The van der Waals surface area contributed by atoms with Crippen LogP contribution in [0.15, 0.2) is 24.5 Å². The van der Waals surface area contributed by atoms with E-state index in [2.05, 4.69) is 26.7 Å². The highest BCUT2D eigenvalue weighted by molar-refractivity contribution is 5.54. The van der Waals surface area contributed by atoms with Gasteiger partial charge in [-0.05, 0) is 25.0 Å². The Morgan fingerprint density at radius 1 is 1.25 bits per heavy atom. The van der Waals surface area contributed by atoms with Crippen molar-refractivity contribution in [1.82, 2.24) is 19.7 Å². The largest absolute Gasteiger partial charge is 0.308 e. The van der Waals surface area contributed by atoms with Crippen LogP contribution in [-0.2, 0) is 6.42 Å². The van der Waals surface area contributed by atoms with Gasteiger partial charge in [-0.15, -0.1) is 10.2 Å². The van der Waals surface area contributed by atoms with Crippen LogP contribution in [0.25, 0.3) is 11.4 Å². The van der Waals surface area contributed by atoms with Crippen LogP contribution in [0.4, 0.5) is 0 Å². The zero-order valence-corrected chi connectivity index (χ0v) is 9.30. The third-order valence-corrected chi connectivity index (χ3v) is 2.93. The second kappa shape index (κ2) is 3.70. The lowest BCUT2D eigenvalue weighted by molar-refractivity contribution is 0.694. The van der Waals surface area contributed by atoms with Crippen LogP contribution < -0.4 is 0 Å². The summed E-state index contributed by atoms with van der Waals surface area (Å²) in [4.78, 5) is 4.03. The molecule has 0 saturated heterocycles. The third kappa shape index (κ3) is 1.50. The predicted molar refractivity (Wildman–Crippen MR) is 60.9 cm³/mol. The van der Waals surface area contributed by atoms with Crippen LogP contribution >= 0.6 is 0 Å². The van der Waals surface area contributed by atoms with Gasteiger partial charge in [0.05, 0.1) is 0 Å². The van der Waals surface area contributed by atoms with Crippen molar-refractivity contribution in [2.75, 3.05) is 0 Å². The highest BCUT2D eigenvalue weighted by Gasteiger charge is 2.29. The average molecular weight is 214 g/mol. The Labute approximate surface area is 94.4 Å². The van der Waals surface area contributed by atoms with Gasteiger partial charge < -0.3 is 4.57 Å². The first-order chi connectivity index (χ1) is 7.90. The van der Waals surface area contributed by atoms with Crippen molar-refractivity contribution in [3.8, 4) is 11.4 Å². The van der Waals surface area contributed by atoms with E-state index in [-0.39, 0.29) is 0 Å². The Morgan fingerprint density at radius 3 is 2.62 bits per heavy atom. The average Bonchev–Trinajstić information content (AvgIpc) is 3.09. The van der Waals surface area contributed by atoms with Crippen LogP contribution in [0.1, 0.15) is 31.6 Å². The molecule has 0 spiro atoms. The van der Waals surface area contributed by atoms with E-state index in [1.165, 1.54) is 12.8 Å². The monoisotopic (exact) mass is 214 g/mol. The minimum absolute atomic E-state index is 0.619. The summed E-state index contributed by atoms with van der Waals surface area (Å²) in [6.45, 7) is 2.12. The van der Waals surface area contributed by atoms with Crippen molar-refractivity contribution in [2.45, 2.75) is 32.2 Å². The molecule has 3 rings (SSSR count). The van der Waals surface area contributed by atoms with E-state index in [1.54, 1.807) is 12.4 Å². The van der Waals surface area contributed by atoms with Crippen LogP contribution in [0.2, 0.25) is 0 Å². The third-order valence-electron chi connectivity index (χ3n) is 2.93. The molecule has 16 heavy (non-hydrogen) atoms. The van der Waals surface area contributed by atoms with E-state index < -0.39 is 0 Å². The summed E-state index contributed by atoms with van der Waals surface area (Å²) in [7, 11) is 0. The molecule has 82 valence electrons. The Morgan fingerprint density at radius 2 is 2.00 bits per heavy atom. The maximum absolute atomic E-state index is 4.30. The standard InChI is InChI=1S/C12H14N4/c1-2-11-14-15-12(16(11)10-3-4-10)9-5-7-13-8-6-9/h5-8,10H,2-4H2,1H3. The smallest absolute Gasteiger partial charge is 0.164 e. The molecule has 1 aliphatic carbocycles. The summed E-state index contributed by atoms with van der Waals surface area (Å²) in [6.07, 6.45) is 7.04. The summed E-state index contributed by atoms with van der Waals surface area (Å²) in [5, 5.41) is 8.57. The number of nitrogens with zero attached hydrogens (tertiary/aromatic N) is 4. The molecular formula is C12H14N4. The summed E-state index contributed by atoms with van der Waals surface area (Å²) in [5.41, 5.74) is 1.11. The number of aromatic nitrogens is 4. The molecule has 2 aromatic heterocycles. The zero-order valence-electron chi connectivity index (χ0n) is 9.30. The maximum Gasteiger partial charge on any atom is 0.164 e. The fourth-order valence-electron chi connectivity index (χ4n) is 1.98. The summed E-state index contributed by atoms with van der Waals surface area (Å²) < 4.78 is 2.29. The topological polar surface area (TPSA) is 43.6 Å². The molecular weight excluding hydrogens is 200 g/mol. The zero-order chi connectivity index (χ0) is 11.0. The molecule has 0 radical (unpaired) electrons. The minimum atomic E-state index is 0.619. The van der Waals surface area contributed by atoms with Crippen molar-refractivity contribution >= 4 is 0 Å². The lowest BCUT2D eigenvalue weighted by Gasteiger charge is -2.07. The minimum Gasteiger partial charge on any atom is -0.308 e. The molecule has 1 fully saturated rings. The van der Waals surface area contributed by atoms with Gasteiger partial charge in [-0.2, -0.15) is 0 Å². The van der Waals surface area contributed by atoms with E-state index in [9.17, 15) is 0 Å². The Balaban J connectivity index is 2.10. The molecule has 0 unspecified atom stereocenters. The normalized spacial score (nSPS) is 15.3. The van der Waals surface area contributed by atoms with Crippen LogP contribution in [0.3, 0.4) is 0 Å². The van der Waals surface area contributed by atoms with Gasteiger partial charge in [0.2, 0.25) is 0 Å². The van der Waals surface area contributed by atoms with E-state index in [1.807, 2.05) is 12.1 Å². The predicted octanol–water partition coefficient (Wildman–Crippen LogP) is 2.24. The summed E-state index contributed by atoms with van der Waals surface area (Å²) in [5.74, 6) is 2.08. The van der Waals surface area contributed by atoms with Gasteiger partial charge in [0.25, 0.3) is 0 Å². The maximum atomic E-state index is 4.30. The van der Waals surface area contributed by atoms with Crippen molar-refractivity contribution in [1.29, 1.82) is 0 Å². The van der Waals surface area contributed by atoms with E-state index in [0.29, 0.717) is 6.04 Å². The number of hydrogen-bond donors (Lipinski definition) is 0. The fourth-order valence-corrected chi connectivity index (χ4v) is 1.98. The molecule has 0 bridgehead atoms. The number of pyridine rings is 1. The summed E-state index contributed by atoms with van der Waals surface area (Å²) >= 11 is 0. The molecule has 0 N–H and O–H groups in total. The lowest BCUT2D eigenvalue weighted by atomic mass is 10.2. The second-order valence-corrected chi connectivity index (χ2v) is 4.13. The van der Waals surface area contributed by atoms with E-state index in [4.69, 9.17) is 0 Å². The van der Waals surface area contributed by atoms with Gasteiger partial charge in [-0.1, -0.05) is 6.92 Å². The highest BCUT2D eigenvalue weighted by atomic mass is 15.3. The number of rotatable bonds is 3. The first-order valence-electron chi connectivity index (χ1n) is 5.74. The lowest BCUT2D eigenvalue weighted by Crippen LogP contribution is -2.02. The van der Waals surface area contributed by atoms with Crippen LogP contribution in [-0.4, -0.2) is 19.7 Å². The van der Waals surface area contributed by atoms with Gasteiger partial charge in [-0.3, -0.25) is 4.98 Å². The SMILES string of the molecule is CCc1nnc(-c2ccncc2)n1C1CC1. The quantitative estimate of drug-likeness (QED) is 0.787. The summed E-state index contributed by atoms with van der Waals surface area (Å²) in [6, 6.07) is 4.60. The number of hydrogen-bond acceptors (Lipinski definition) is 3. The molecule has 4 nitrogen and oxygen atoms in total. The van der Waals surface area contributed by atoms with Gasteiger partial charge >= 0.3 is 0 Å². The fraction of sp³-hybridized carbons (Fsp3) is 0.417. The Hall–Kier alpha value is -1.71. The van der Waals surface area contributed by atoms with Gasteiger partial charge in [0, 0.05) is 30.4 Å². The first-order valence-corrected chi connectivity index (χ1v) is 5.74. The molecule has 1 aliphatic rings. The van der Waals surface area contributed by atoms with E-state index >= 15 is 0 Å². The van der Waals surface area contributed by atoms with Crippen molar-refractivity contribution in [3.63, 3.8) is 0 Å².